The molecule has 0 bridgehead atoms. The van der Waals surface area contributed by atoms with Crippen molar-refractivity contribution in [3.05, 3.63) is 11.7 Å². The molecule has 0 aromatic carbocycles. The van der Waals surface area contributed by atoms with Crippen LogP contribution in [0.4, 0.5) is 0 Å². The van der Waals surface area contributed by atoms with Gasteiger partial charge >= 0.3 is 0 Å². The van der Waals surface area contributed by atoms with E-state index < -0.39 is 0 Å². The van der Waals surface area contributed by atoms with Gasteiger partial charge in [-0.3, -0.25) is 0 Å². The van der Waals surface area contributed by atoms with E-state index in [1.807, 2.05) is 13.8 Å². The van der Waals surface area contributed by atoms with Crippen LogP contribution >= 0.6 is 0 Å². The number of aromatic nitrogens is 2. The smallest absolute Gasteiger partial charge is 0.227 e. The van der Waals surface area contributed by atoms with Crippen LogP contribution in [0.2, 0.25) is 0 Å². The number of nitrogens with two attached hydrogens (primary N) is 1. The SMILES string of the molecule is CCOCc1noc(CC(C)CN)n1. The van der Waals surface area contributed by atoms with Crippen molar-refractivity contribution in [2.45, 2.75) is 26.9 Å². The van der Waals surface area contributed by atoms with Gasteiger partial charge in [-0.25, -0.2) is 0 Å². The van der Waals surface area contributed by atoms with Crippen molar-refractivity contribution in [2.75, 3.05) is 13.2 Å². The van der Waals surface area contributed by atoms with Crippen LogP contribution in [-0.4, -0.2) is 23.3 Å². The van der Waals surface area contributed by atoms with Crippen molar-refractivity contribution in [3.8, 4) is 0 Å². The van der Waals surface area contributed by atoms with E-state index >= 15 is 0 Å². The molecule has 0 aliphatic rings. The molecule has 0 aliphatic heterocycles. The molecule has 14 heavy (non-hydrogen) atoms. The number of nitrogens with zero attached hydrogens (tertiary/aromatic N) is 2. The minimum absolute atomic E-state index is 0.371. The van der Waals surface area contributed by atoms with E-state index in [-0.39, 0.29) is 0 Å². The number of hydrogen-bond donors (Lipinski definition) is 1. The summed E-state index contributed by atoms with van der Waals surface area (Å²) in [6.45, 7) is 5.67. The van der Waals surface area contributed by atoms with Gasteiger partial charge in [-0.15, -0.1) is 0 Å². The predicted octanol–water partition coefficient (Wildman–Crippen LogP) is 0.743. The fourth-order valence-corrected chi connectivity index (χ4v) is 1.01. The van der Waals surface area contributed by atoms with Crippen molar-refractivity contribution in [2.24, 2.45) is 11.7 Å². The van der Waals surface area contributed by atoms with Crippen LogP contribution in [0.5, 0.6) is 0 Å². The molecule has 1 rings (SSSR count). The number of rotatable bonds is 6. The lowest BCUT2D eigenvalue weighted by Crippen LogP contribution is -2.13. The van der Waals surface area contributed by atoms with Crippen LogP contribution in [0.25, 0.3) is 0 Å². The maximum Gasteiger partial charge on any atom is 0.227 e. The minimum Gasteiger partial charge on any atom is -0.374 e. The average Bonchev–Trinajstić information content (AvgIpc) is 2.62. The maximum atomic E-state index is 5.49. The molecule has 80 valence electrons. The Labute approximate surface area is 83.6 Å². The zero-order valence-electron chi connectivity index (χ0n) is 8.69. The Hall–Kier alpha value is -0.940. The van der Waals surface area contributed by atoms with Crippen molar-refractivity contribution in [3.63, 3.8) is 0 Å². The molecule has 5 nitrogen and oxygen atoms in total. The summed E-state index contributed by atoms with van der Waals surface area (Å²) in [5, 5.41) is 3.79. The predicted molar refractivity (Wildman–Crippen MR) is 51.6 cm³/mol. The molecule has 1 aromatic rings. The molecule has 1 aromatic heterocycles. The second-order valence-electron chi connectivity index (χ2n) is 3.29. The first-order valence-electron chi connectivity index (χ1n) is 4.85. The van der Waals surface area contributed by atoms with Crippen molar-refractivity contribution in [1.82, 2.24) is 10.1 Å². The summed E-state index contributed by atoms with van der Waals surface area (Å²) in [5.74, 6) is 1.61. The molecule has 0 aliphatic carbocycles. The van der Waals surface area contributed by atoms with E-state index in [9.17, 15) is 0 Å². The van der Waals surface area contributed by atoms with Crippen molar-refractivity contribution < 1.29 is 9.26 Å². The number of hydrogen-bond acceptors (Lipinski definition) is 5. The third-order valence-electron chi connectivity index (χ3n) is 1.87. The fraction of sp³-hybridized carbons (Fsp3) is 0.778. The third kappa shape index (κ3) is 3.43. The Morgan fingerprint density at radius 1 is 1.57 bits per heavy atom. The molecule has 5 heteroatoms. The molecule has 2 N–H and O–H groups in total. The molecular formula is C9H17N3O2. The van der Waals surface area contributed by atoms with E-state index in [2.05, 4.69) is 10.1 Å². The monoisotopic (exact) mass is 199 g/mol. The molecule has 0 fully saturated rings. The lowest BCUT2D eigenvalue weighted by atomic mass is 10.1. The topological polar surface area (TPSA) is 74.2 Å². The van der Waals surface area contributed by atoms with Crippen molar-refractivity contribution in [1.29, 1.82) is 0 Å². The molecule has 0 radical (unpaired) electrons. The zero-order chi connectivity index (χ0) is 10.4. The molecule has 0 saturated carbocycles. The van der Waals surface area contributed by atoms with Crippen LogP contribution in [0, 0.1) is 5.92 Å². The highest BCUT2D eigenvalue weighted by Gasteiger charge is 2.09. The summed E-state index contributed by atoms with van der Waals surface area (Å²) in [7, 11) is 0. The van der Waals surface area contributed by atoms with Gasteiger partial charge in [-0.1, -0.05) is 12.1 Å². The summed E-state index contributed by atoms with van der Waals surface area (Å²) < 4.78 is 10.2. The Morgan fingerprint density at radius 2 is 2.36 bits per heavy atom. The summed E-state index contributed by atoms with van der Waals surface area (Å²) in [6.07, 6.45) is 0.732. The Balaban J connectivity index is 2.42. The molecule has 0 saturated heterocycles. The molecule has 0 amide bonds. The van der Waals surface area contributed by atoms with Gasteiger partial charge < -0.3 is 15.0 Å². The molecular weight excluding hydrogens is 182 g/mol. The average molecular weight is 199 g/mol. The Kier molecular flexibility index (Phi) is 4.55. The maximum absolute atomic E-state index is 5.49. The first-order valence-corrected chi connectivity index (χ1v) is 4.85. The summed E-state index contributed by atoms with van der Waals surface area (Å²) in [5.41, 5.74) is 5.49. The quantitative estimate of drug-likeness (QED) is 0.731. The van der Waals surface area contributed by atoms with Gasteiger partial charge in [-0.05, 0) is 19.4 Å². The normalized spacial score (nSPS) is 13.1. The Bertz CT molecular complexity index is 262. The fourth-order valence-electron chi connectivity index (χ4n) is 1.01. The van der Waals surface area contributed by atoms with E-state index in [0.29, 0.717) is 37.4 Å². The molecule has 1 unspecified atom stereocenters. The van der Waals surface area contributed by atoms with Gasteiger partial charge in [0.2, 0.25) is 5.89 Å². The van der Waals surface area contributed by atoms with E-state index in [1.54, 1.807) is 0 Å². The molecule has 0 spiro atoms. The van der Waals surface area contributed by atoms with Crippen LogP contribution in [-0.2, 0) is 17.8 Å². The number of ether oxygens (including phenoxy) is 1. The summed E-state index contributed by atoms with van der Waals surface area (Å²) in [4.78, 5) is 4.18. The largest absolute Gasteiger partial charge is 0.374 e. The highest BCUT2D eigenvalue weighted by Crippen LogP contribution is 2.05. The molecule has 1 atom stereocenters. The van der Waals surface area contributed by atoms with Gasteiger partial charge in [0, 0.05) is 13.0 Å². The lowest BCUT2D eigenvalue weighted by Gasteiger charge is -2.01. The van der Waals surface area contributed by atoms with Crippen LogP contribution < -0.4 is 5.73 Å². The first-order chi connectivity index (χ1) is 6.76. The molecule has 1 heterocycles. The van der Waals surface area contributed by atoms with E-state index in [0.717, 1.165) is 6.42 Å². The second kappa shape index (κ2) is 5.72. The highest BCUT2D eigenvalue weighted by atomic mass is 16.5. The van der Waals surface area contributed by atoms with Gasteiger partial charge in [0.15, 0.2) is 5.82 Å². The van der Waals surface area contributed by atoms with Gasteiger partial charge in [-0.2, -0.15) is 4.98 Å². The van der Waals surface area contributed by atoms with Gasteiger partial charge in [0.25, 0.3) is 0 Å². The summed E-state index contributed by atoms with van der Waals surface area (Å²) in [6, 6.07) is 0. The van der Waals surface area contributed by atoms with Crippen LogP contribution in [0.1, 0.15) is 25.6 Å². The minimum atomic E-state index is 0.371. The first kappa shape index (κ1) is 11.1. The zero-order valence-corrected chi connectivity index (χ0v) is 8.69. The van der Waals surface area contributed by atoms with E-state index in [1.165, 1.54) is 0 Å². The lowest BCUT2D eigenvalue weighted by molar-refractivity contribution is 0.126. The van der Waals surface area contributed by atoms with Gasteiger partial charge in [0.05, 0.1) is 0 Å². The third-order valence-corrected chi connectivity index (χ3v) is 1.87. The van der Waals surface area contributed by atoms with Gasteiger partial charge in [0.1, 0.15) is 6.61 Å². The highest BCUT2D eigenvalue weighted by molar-refractivity contribution is 4.86. The second-order valence-corrected chi connectivity index (χ2v) is 3.29. The van der Waals surface area contributed by atoms with Crippen LogP contribution in [0.3, 0.4) is 0 Å². The Morgan fingerprint density at radius 3 is 3.00 bits per heavy atom. The standard InChI is InChI=1S/C9H17N3O2/c1-3-13-6-8-11-9(14-12-8)4-7(2)5-10/h7H,3-6,10H2,1-2H3. The summed E-state index contributed by atoms with van der Waals surface area (Å²) >= 11 is 0. The van der Waals surface area contributed by atoms with Crippen LogP contribution in [0.15, 0.2) is 4.52 Å². The van der Waals surface area contributed by atoms with Crippen molar-refractivity contribution >= 4 is 0 Å². The van der Waals surface area contributed by atoms with E-state index in [4.69, 9.17) is 15.0 Å².